The minimum absolute atomic E-state index is 0.0625. The largest absolute Gasteiger partial charge is 0.399 e. The van der Waals surface area contributed by atoms with Crippen molar-refractivity contribution in [3.63, 3.8) is 0 Å². The Balaban J connectivity index is 1.86. The molecule has 4 nitrogen and oxygen atoms in total. The molecule has 19 heavy (non-hydrogen) atoms. The Kier molecular flexibility index (Phi) is 3.73. The molecule has 1 aromatic rings. The molecule has 0 saturated carbocycles. The monoisotopic (exact) mass is 262 g/mol. The third-order valence-corrected chi connectivity index (χ3v) is 4.26. The van der Waals surface area contributed by atoms with Gasteiger partial charge in [-0.3, -0.25) is 4.90 Å². The summed E-state index contributed by atoms with van der Waals surface area (Å²) in [7, 11) is 1.79. The molecule has 0 aromatic heterocycles. The maximum absolute atomic E-state index is 5.88. The van der Waals surface area contributed by atoms with Crippen molar-refractivity contribution in [1.82, 2.24) is 4.90 Å². The fourth-order valence-corrected chi connectivity index (χ4v) is 3.28. The first kappa shape index (κ1) is 12.9. The fourth-order valence-electron chi connectivity index (χ4n) is 3.28. The molecule has 2 aliphatic heterocycles. The van der Waals surface area contributed by atoms with E-state index in [1.54, 1.807) is 7.11 Å². The average molecular weight is 262 g/mol. The lowest BCUT2D eigenvalue weighted by atomic mass is 9.94. The van der Waals surface area contributed by atoms with E-state index in [9.17, 15) is 0 Å². The van der Waals surface area contributed by atoms with Gasteiger partial charge in [0.25, 0.3) is 0 Å². The van der Waals surface area contributed by atoms with Crippen molar-refractivity contribution < 1.29 is 9.47 Å². The summed E-state index contributed by atoms with van der Waals surface area (Å²) in [5, 5.41) is 0. The molecule has 104 valence electrons. The molecule has 2 aliphatic rings. The summed E-state index contributed by atoms with van der Waals surface area (Å²) in [6.07, 6.45) is 3.32. The van der Waals surface area contributed by atoms with E-state index in [2.05, 4.69) is 17.0 Å². The van der Waals surface area contributed by atoms with Gasteiger partial charge in [0.05, 0.1) is 0 Å². The van der Waals surface area contributed by atoms with Gasteiger partial charge in [0.2, 0.25) is 0 Å². The zero-order valence-electron chi connectivity index (χ0n) is 11.5. The van der Waals surface area contributed by atoms with Crippen molar-refractivity contribution in [3.05, 3.63) is 29.3 Å². The fraction of sp³-hybridized carbons (Fsp3) is 0.600. The van der Waals surface area contributed by atoms with Gasteiger partial charge in [-0.05, 0) is 42.5 Å². The number of rotatable bonds is 2. The lowest BCUT2D eigenvalue weighted by molar-refractivity contribution is -0.0870. The molecule has 0 radical (unpaired) electrons. The van der Waals surface area contributed by atoms with Crippen LogP contribution < -0.4 is 5.73 Å². The molecule has 0 bridgehead atoms. The maximum atomic E-state index is 5.88. The minimum atomic E-state index is 0.0625. The van der Waals surface area contributed by atoms with E-state index in [-0.39, 0.29) is 6.23 Å². The number of nitrogens with two attached hydrogens (primary N) is 1. The highest BCUT2D eigenvalue weighted by Crippen LogP contribution is 2.34. The molecule has 0 aliphatic carbocycles. The van der Waals surface area contributed by atoms with E-state index in [1.807, 2.05) is 6.07 Å². The lowest BCUT2D eigenvalue weighted by Crippen LogP contribution is -2.45. The average Bonchev–Trinajstić information content (AvgIpc) is 2.46. The molecule has 4 heteroatoms. The molecule has 0 spiro atoms. The first-order chi connectivity index (χ1) is 9.29. The second-order valence-electron chi connectivity index (χ2n) is 5.38. The van der Waals surface area contributed by atoms with Gasteiger partial charge in [0.15, 0.2) is 0 Å². The number of hydrogen-bond donors (Lipinski definition) is 1. The van der Waals surface area contributed by atoms with E-state index in [0.29, 0.717) is 6.04 Å². The van der Waals surface area contributed by atoms with Crippen LogP contribution in [-0.2, 0) is 15.9 Å². The first-order valence-corrected chi connectivity index (χ1v) is 7.04. The Morgan fingerprint density at radius 1 is 1.32 bits per heavy atom. The number of hydrogen-bond acceptors (Lipinski definition) is 4. The van der Waals surface area contributed by atoms with E-state index in [4.69, 9.17) is 15.2 Å². The summed E-state index contributed by atoms with van der Waals surface area (Å²) in [6.45, 7) is 2.78. The number of anilines is 1. The number of benzene rings is 1. The van der Waals surface area contributed by atoms with Crippen LogP contribution in [0.4, 0.5) is 5.69 Å². The van der Waals surface area contributed by atoms with Gasteiger partial charge >= 0.3 is 0 Å². The second-order valence-corrected chi connectivity index (χ2v) is 5.38. The zero-order valence-corrected chi connectivity index (χ0v) is 11.5. The smallest absolute Gasteiger partial charge is 0.136 e. The summed E-state index contributed by atoms with van der Waals surface area (Å²) >= 11 is 0. The number of ether oxygens (including phenoxy) is 2. The van der Waals surface area contributed by atoms with Crippen molar-refractivity contribution in [3.8, 4) is 0 Å². The first-order valence-electron chi connectivity index (χ1n) is 7.04. The van der Waals surface area contributed by atoms with Gasteiger partial charge in [-0.15, -0.1) is 0 Å². The predicted octanol–water partition coefficient (Wildman–Crippen LogP) is 1.95. The van der Waals surface area contributed by atoms with Crippen LogP contribution >= 0.6 is 0 Å². The SMILES string of the molecule is COC1c2ccc(N)cc2CCN1C1CCOCC1. The number of fused-ring (bicyclic) bond motifs is 1. The molecule has 1 aromatic carbocycles. The van der Waals surface area contributed by atoms with Crippen LogP contribution in [0.15, 0.2) is 18.2 Å². The van der Waals surface area contributed by atoms with Crippen LogP contribution in [0.5, 0.6) is 0 Å². The Morgan fingerprint density at radius 2 is 2.11 bits per heavy atom. The Labute approximate surface area is 114 Å². The van der Waals surface area contributed by atoms with Gasteiger partial charge in [0, 0.05) is 38.6 Å². The summed E-state index contributed by atoms with van der Waals surface area (Å²) in [6, 6.07) is 6.75. The molecular formula is C15H22N2O2. The maximum Gasteiger partial charge on any atom is 0.136 e. The van der Waals surface area contributed by atoms with Crippen LogP contribution in [0, 0.1) is 0 Å². The van der Waals surface area contributed by atoms with Crippen molar-refractivity contribution in [1.29, 1.82) is 0 Å². The molecule has 1 fully saturated rings. The molecule has 1 atom stereocenters. The molecule has 3 rings (SSSR count). The van der Waals surface area contributed by atoms with Gasteiger partial charge in [-0.2, -0.15) is 0 Å². The number of methoxy groups -OCH3 is 1. The topological polar surface area (TPSA) is 47.7 Å². The van der Waals surface area contributed by atoms with Gasteiger partial charge in [-0.25, -0.2) is 0 Å². The normalized spacial score (nSPS) is 25.2. The molecule has 0 amide bonds. The highest BCUT2D eigenvalue weighted by molar-refractivity contribution is 5.46. The summed E-state index contributed by atoms with van der Waals surface area (Å²) in [4.78, 5) is 2.49. The minimum Gasteiger partial charge on any atom is -0.399 e. The predicted molar refractivity (Wildman–Crippen MR) is 74.9 cm³/mol. The van der Waals surface area contributed by atoms with Crippen LogP contribution in [0.25, 0.3) is 0 Å². The van der Waals surface area contributed by atoms with Crippen molar-refractivity contribution in [2.75, 3.05) is 32.6 Å². The molecule has 1 unspecified atom stereocenters. The Morgan fingerprint density at radius 3 is 2.84 bits per heavy atom. The van der Waals surface area contributed by atoms with E-state index < -0.39 is 0 Å². The molecule has 2 N–H and O–H groups in total. The second kappa shape index (κ2) is 5.49. The van der Waals surface area contributed by atoms with Gasteiger partial charge in [0.1, 0.15) is 6.23 Å². The quantitative estimate of drug-likeness (QED) is 0.828. The van der Waals surface area contributed by atoms with E-state index >= 15 is 0 Å². The third-order valence-electron chi connectivity index (χ3n) is 4.26. The van der Waals surface area contributed by atoms with Crippen molar-refractivity contribution >= 4 is 5.69 Å². The highest BCUT2D eigenvalue weighted by atomic mass is 16.5. The summed E-state index contributed by atoms with van der Waals surface area (Å²) < 4.78 is 11.2. The van der Waals surface area contributed by atoms with Crippen LogP contribution in [0.1, 0.15) is 30.2 Å². The van der Waals surface area contributed by atoms with Crippen LogP contribution in [-0.4, -0.2) is 37.8 Å². The Bertz CT molecular complexity index is 444. The standard InChI is InChI=1S/C15H22N2O2/c1-18-15-14-3-2-12(16)10-11(14)4-7-17(15)13-5-8-19-9-6-13/h2-3,10,13,15H,4-9,16H2,1H3. The highest BCUT2D eigenvalue weighted by Gasteiger charge is 2.33. The summed E-state index contributed by atoms with van der Waals surface area (Å²) in [5.74, 6) is 0. The number of nitrogen functional groups attached to an aromatic ring is 1. The zero-order chi connectivity index (χ0) is 13.2. The molecule has 1 saturated heterocycles. The van der Waals surface area contributed by atoms with Crippen molar-refractivity contribution in [2.24, 2.45) is 0 Å². The number of nitrogens with zero attached hydrogens (tertiary/aromatic N) is 1. The van der Waals surface area contributed by atoms with Crippen LogP contribution in [0.3, 0.4) is 0 Å². The Hall–Kier alpha value is -1.10. The van der Waals surface area contributed by atoms with Crippen molar-refractivity contribution in [2.45, 2.75) is 31.5 Å². The van der Waals surface area contributed by atoms with Gasteiger partial charge < -0.3 is 15.2 Å². The third kappa shape index (κ3) is 2.48. The van der Waals surface area contributed by atoms with Crippen LogP contribution in [0.2, 0.25) is 0 Å². The van der Waals surface area contributed by atoms with Gasteiger partial charge in [-0.1, -0.05) is 6.07 Å². The summed E-state index contributed by atoms with van der Waals surface area (Å²) in [5.41, 5.74) is 9.32. The lowest BCUT2D eigenvalue weighted by Gasteiger charge is -2.42. The van der Waals surface area contributed by atoms with E-state index in [1.165, 1.54) is 11.1 Å². The molecule has 2 heterocycles. The molecular weight excluding hydrogens is 240 g/mol. The van der Waals surface area contributed by atoms with E-state index in [0.717, 1.165) is 44.7 Å².